The maximum absolute atomic E-state index is 11.8. The average molecular weight is 322 g/mol. The number of allylic oxidation sites excluding steroid dienone is 4. The monoisotopic (exact) mass is 322 g/mol. The standard InChI is InChI=1S/C14H11IO/c15-13-6-3-8-14(13)9-7-12(16)10-4-1-2-5-11(10)14/h1-2,4-7,9H,3,8H2. The van der Waals surface area contributed by atoms with Gasteiger partial charge < -0.3 is 0 Å². The molecule has 0 fully saturated rings. The minimum absolute atomic E-state index is 0.00887. The van der Waals surface area contributed by atoms with Gasteiger partial charge in [-0.25, -0.2) is 0 Å². The van der Waals surface area contributed by atoms with Crippen molar-refractivity contribution in [1.82, 2.24) is 0 Å². The number of rotatable bonds is 0. The molecule has 2 heteroatoms. The van der Waals surface area contributed by atoms with Crippen LogP contribution in [0.2, 0.25) is 0 Å². The summed E-state index contributed by atoms with van der Waals surface area (Å²) in [5.41, 5.74) is 2.04. The minimum atomic E-state index is -0.00887. The van der Waals surface area contributed by atoms with E-state index in [1.54, 1.807) is 6.08 Å². The minimum Gasteiger partial charge on any atom is -0.289 e. The van der Waals surface area contributed by atoms with E-state index in [9.17, 15) is 4.79 Å². The molecular weight excluding hydrogens is 311 g/mol. The average Bonchev–Trinajstić information content (AvgIpc) is 2.67. The van der Waals surface area contributed by atoms with Crippen molar-refractivity contribution in [2.75, 3.05) is 0 Å². The van der Waals surface area contributed by atoms with Crippen molar-refractivity contribution < 1.29 is 4.79 Å². The Bertz CT molecular complexity index is 527. The zero-order valence-electron chi connectivity index (χ0n) is 8.74. The lowest BCUT2D eigenvalue weighted by molar-refractivity contribution is 0.104. The summed E-state index contributed by atoms with van der Waals surface area (Å²) in [5.74, 6) is 0.136. The summed E-state index contributed by atoms with van der Waals surface area (Å²) in [4.78, 5) is 11.8. The molecule has 3 rings (SSSR count). The summed E-state index contributed by atoms with van der Waals surface area (Å²) in [6, 6.07) is 7.99. The number of carbonyl (C=O) groups excluding carboxylic acids is 1. The topological polar surface area (TPSA) is 17.1 Å². The van der Waals surface area contributed by atoms with Crippen molar-refractivity contribution in [3.8, 4) is 0 Å². The molecule has 80 valence electrons. The Morgan fingerprint density at radius 1 is 1.25 bits per heavy atom. The van der Waals surface area contributed by atoms with Crippen LogP contribution in [0.5, 0.6) is 0 Å². The molecule has 0 heterocycles. The van der Waals surface area contributed by atoms with Crippen LogP contribution in [0.3, 0.4) is 0 Å². The van der Waals surface area contributed by atoms with Crippen molar-refractivity contribution in [1.29, 1.82) is 0 Å². The van der Waals surface area contributed by atoms with Gasteiger partial charge in [0.2, 0.25) is 0 Å². The highest BCUT2D eigenvalue weighted by molar-refractivity contribution is 14.1. The summed E-state index contributed by atoms with van der Waals surface area (Å²) >= 11 is 2.41. The maximum atomic E-state index is 11.8. The molecule has 0 radical (unpaired) electrons. The molecule has 0 amide bonds. The van der Waals surface area contributed by atoms with E-state index in [2.05, 4.69) is 40.8 Å². The van der Waals surface area contributed by atoms with Gasteiger partial charge in [0.25, 0.3) is 0 Å². The van der Waals surface area contributed by atoms with Crippen LogP contribution in [-0.2, 0) is 5.41 Å². The third kappa shape index (κ3) is 1.25. The number of hydrogen-bond acceptors (Lipinski definition) is 1. The van der Waals surface area contributed by atoms with Crippen molar-refractivity contribution in [3.63, 3.8) is 0 Å². The van der Waals surface area contributed by atoms with Gasteiger partial charge in [0.15, 0.2) is 5.78 Å². The van der Waals surface area contributed by atoms with Crippen LogP contribution in [0.4, 0.5) is 0 Å². The Kier molecular flexibility index (Phi) is 2.28. The van der Waals surface area contributed by atoms with Gasteiger partial charge in [-0.05, 0) is 47.1 Å². The Balaban J connectivity index is 2.27. The number of halogens is 1. The van der Waals surface area contributed by atoms with Crippen LogP contribution in [-0.4, -0.2) is 5.78 Å². The molecule has 0 aromatic heterocycles. The number of ketones is 1. The van der Waals surface area contributed by atoms with E-state index in [4.69, 9.17) is 0 Å². The molecule has 2 aliphatic carbocycles. The summed E-state index contributed by atoms with van der Waals surface area (Å²) < 4.78 is 1.35. The highest BCUT2D eigenvalue weighted by atomic mass is 127. The molecule has 1 spiro atoms. The van der Waals surface area contributed by atoms with Gasteiger partial charge in [-0.3, -0.25) is 4.79 Å². The Hall–Kier alpha value is -0.900. The van der Waals surface area contributed by atoms with Gasteiger partial charge in [0, 0.05) is 14.6 Å². The molecular formula is C14H11IO. The van der Waals surface area contributed by atoms with Crippen molar-refractivity contribution in [2.45, 2.75) is 18.3 Å². The molecule has 16 heavy (non-hydrogen) atoms. The molecule has 0 bridgehead atoms. The fourth-order valence-electron chi connectivity index (χ4n) is 2.64. The molecule has 0 aliphatic heterocycles. The van der Waals surface area contributed by atoms with E-state index in [-0.39, 0.29) is 11.2 Å². The lowest BCUT2D eigenvalue weighted by Gasteiger charge is -2.31. The normalized spacial score (nSPS) is 27.1. The van der Waals surface area contributed by atoms with E-state index in [0.29, 0.717) is 0 Å². The van der Waals surface area contributed by atoms with Crippen LogP contribution in [0.15, 0.2) is 46.1 Å². The van der Waals surface area contributed by atoms with Crippen molar-refractivity contribution in [2.24, 2.45) is 0 Å². The van der Waals surface area contributed by atoms with Crippen LogP contribution in [0, 0.1) is 0 Å². The van der Waals surface area contributed by atoms with E-state index < -0.39 is 0 Å². The first-order valence-electron chi connectivity index (χ1n) is 5.43. The summed E-state index contributed by atoms with van der Waals surface area (Å²) in [6.07, 6.45) is 8.29. The molecule has 1 nitrogen and oxygen atoms in total. The quantitative estimate of drug-likeness (QED) is 0.664. The van der Waals surface area contributed by atoms with Crippen molar-refractivity contribution in [3.05, 3.63) is 57.2 Å². The zero-order valence-corrected chi connectivity index (χ0v) is 10.9. The first kappa shape index (κ1) is 10.3. The summed E-state index contributed by atoms with van der Waals surface area (Å²) in [5, 5.41) is 0. The van der Waals surface area contributed by atoms with Crippen LogP contribution in [0.1, 0.15) is 28.8 Å². The molecule has 1 aromatic carbocycles. The van der Waals surface area contributed by atoms with E-state index in [1.807, 2.05) is 18.2 Å². The fourth-order valence-corrected chi connectivity index (χ4v) is 3.69. The van der Waals surface area contributed by atoms with E-state index in [1.165, 1.54) is 9.14 Å². The van der Waals surface area contributed by atoms with Gasteiger partial charge >= 0.3 is 0 Å². The first-order chi connectivity index (χ1) is 7.74. The SMILES string of the molecule is O=C1C=CC2(CCC=C2I)c2ccccc21. The second-order valence-electron chi connectivity index (χ2n) is 4.31. The van der Waals surface area contributed by atoms with Gasteiger partial charge in [0.05, 0.1) is 0 Å². The highest BCUT2D eigenvalue weighted by Gasteiger charge is 2.39. The number of carbonyl (C=O) groups is 1. The van der Waals surface area contributed by atoms with Gasteiger partial charge in [-0.15, -0.1) is 0 Å². The molecule has 1 unspecified atom stereocenters. The van der Waals surface area contributed by atoms with Crippen LogP contribution < -0.4 is 0 Å². The molecule has 2 aliphatic rings. The smallest absolute Gasteiger partial charge is 0.185 e. The highest BCUT2D eigenvalue weighted by Crippen LogP contribution is 2.49. The Labute approximate surface area is 108 Å². The second-order valence-corrected chi connectivity index (χ2v) is 5.47. The largest absolute Gasteiger partial charge is 0.289 e. The predicted octanol–water partition coefficient (Wildman–Crippen LogP) is 3.79. The second kappa shape index (κ2) is 3.55. The van der Waals surface area contributed by atoms with E-state index >= 15 is 0 Å². The Morgan fingerprint density at radius 3 is 2.81 bits per heavy atom. The molecule has 0 N–H and O–H groups in total. The lowest BCUT2D eigenvalue weighted by atomic mass is 9.73. The fraction of sp³-hybridized carbons (Fsp3) is 0.214. The third-order valence-corrected chi connectivity index (χ3v) is 4.88. The lowest BCUT2D eigenvalue weighted by Crippen LogP contribution is -2.27. The zero-order chi connectivity index (χ0) is 11.2. The van der Waals surface area contributed by atoms with Crippen LogP contribution >= 0.6 is 22.6 Å². The molecule has 0 saturated carbocycles. The predicted molar refractivity (Wildman–Crippen MR) is 72.9 cm³/mol. The van der Waals surface area contributed by atoms with Crippen LogP contribution in [0.25, 0.3) is 0 Å². The number of fused-ring (bicyclic) bond motifs is 2. The molecule has 1 aromatic rings. The van der Waals surface area contributed by atoms with E-state index in [0.717, 1.165) is 18.4 Å². The summed E-state index contributed by atoms with van der Waals surface area (Å²) in [6.45, 7) is 0. The summed E-state index contributed by atoms with van der Waals surface area (Å²) in [7, 11) is 0. The first-order valence-corrected chi connectivity index (χ1v) is 6.51. The molecule has 1 atom stereocenters. The maximum Gasteiger partial charge on any atom is 0.185 e. The molecule has 0 saturated heterocycles. The Morgan fingerprint density at radius 2 is 2.06 bits per heavy atom. The van der Waals surface area contributed by atoms with Gasteiger partial charge in [-0.2, -0.15) is 0 Å². The third-order valence-electron chi connectivity index (χ3n) is 3.48. The van der Waals surface area contributed by atoms with Gasteiger partial charge in [0.1, 0.15) is 0 Å². The van der Waals surface area contributed by atoms with Gasteiger partial charge in [-0.1, -0.05) is 36.4 Å². The number of benzene rings is 1. The van der Waals surface area contributed by atoms with Crippen molar-refractivity contribution >= 4 is 28.4 Å². The number of hydrogen-bond donors (Lipinski definition) is 0.